The van der Waals surface area contributed by atoms with Gasteiger partial charge >= 0.3 is 0 Å². The van der Waals surface area contributed by atoms with Gasteiger partial charge in [-0.25, -0.2) is 0 Å². The molecule has 21 heavy (non-hydrogen) atoms. The Labute approximate surface area is 141 Å². The number of alkyl halides is 1. The van der Waals surface area contributed by atoms with E-state index in [2.05, 4.69) is 21.2 Å². The van der Waals surface area contributed by atoms with Crippen molar-refractivity contribution in [2.75, 3.05) is 0 Å². The fourth-order valence-electron chi connectivity index (χ4n) is 2.61. The molecule has 2 nitrogen and oxygen atoms in total. The molecule has 0 aliphatic heterocycles. The summed E-state index contributed by atoms with van der Waals surface area (Å²) in [5, 5.41) is 3.27. The van der Waals surface area contributed by atoms with Gasteiger partial charge in [-0.05, 0) is 35.7 Å². The highest BCUT2D eigenvalue weighted by Gasteiger charge is 2.32. The van der Waals surface area contributed by atoms with Crippen molar-refractivity contribution in [2.45, 2.75) is 17.8 Å². The minimum absolute atomic E-state index is 0.138. The van der Waals surface area contributed by atoms with Crippen molar-refractivity contribution in [1.82, 2.24) is 5.32 Å². The third kappa shape index (κ3) is 2.96. The third-order valence-electron chi connectivity index (χ3n) is 3.63. The maximum atomic E-state index is 12.4. The van der Waals surface area contributed by atoms with Crippen LogP contribution >= 0.6 is 39.1 Å². The highest BCUT2D eigenvalue weighted by molar-refractivity contribution is 9.10. The second kappa shape index (κ2) is 5.99. The minimum Gasteiger partial charge on any atom is -0.344 e. The predicted octanol–water partition coefficient (Wildman–Crippen LogP) is 4.74. The van der Waals surface area contributed by atoms with E-state index in [0.29, 0.717) is 10.6 Å². The van der Waals surface area contributed by atoms with Crippen LogP contribution < -0.4 is 5.32 Å². The zero-order valence-electron chi connectivity index (χ0n) is 10.9. The highest BCUT2D eigenvalue weighted by Crippen LogP contribution is 2.35. The summed E-state index contributed by atoms with van der Waals surface area (Å²) in [7, 11) is 0. The summed E-state index contributed by atoms with van der Waals surface area (Å²) in [4.78, 5) is 12.4. The van der Waals surface area contributed by atoms with Crippen LogP contribution in [0.1, 0.15) is 27.5 Å². The van der Waals surface area contributed by atoms with Crippen LogP contribution in [0, 0.1) is 0 Å². The average molecular weight is 385 g/mol. The normalized spacial score (nSPS) is 20.1. The quantitative estimate of drug-likeness (QED) is 0.744. The van der Waals surface area contributed by atoms with Crippen LogP contribution in [0.4, 0.5) is 0 Å². The zero-order valence-corrected chi connectivity index (χ0v) is 14.0. The lowest BCUT2D eigenvalue weighted by Gasteiger charge is -2.18. The monoisotopic (exact) mass is 383 g/mol. The van der Waals surface area contributed by atoms with Gasteiger partial charge in [0.05, 0.1) is 22.0 Å². The number of benzene rings is 2. The second-order valence-electron chi connectivity index (χ2n) is 4.99. The summed E-state index contributed by atoms with van der Waals surface area (Å²) in [6.07, 6.45) is 0.761. The van der Waals surface area contributed by atoms with Gasteiger partial charge in [-0.15, -0.1) is 11.6 Å². The first-order chi connectivity index (χ1) is 10.1. The Morgan fingerprint density at radius 2 is 2.00 bits per heavy atom. The van der Waals surface area contributed by atoms with Crippen molar-refractivity contribution in [3.8, 4) is 0 Å². The molecule has 2 aromatic rings. The number of carbonyl (C=O) groups excluding carboxylic acids is 1. The molecule has 1 amide bonds. The lowest BCUT2D eigenvalue weighted by Crippen LogP contribution is -2.32. The van der Waals surface area contributed by atoms with Crippen LogP contribution in [0.15, 0.2) is 46.9 Å². The van der Waals surface area contributed by atoms with Gasteiger partial charge in [-0.3, -0.25) is 4.79 Å². The predicted molar refractivity (Wildman–Crippen MR) is 89.1 cm³/mol. The summed E-state index contributed by atoms with van der Waals surface area (Å²) in [5.41, 5.74) is 2.72. The summed E-state index contributed by atoms with van der Waals surface area (Å²) < 4.78 is 0.838. The second-order valence-corrected chi connectivity index (χ2v) is 6.88. The van der Waals surface area contributed by atoms with Crippen LogP contribution in [0.25, 0.3) is 0 Å². The largest absolute Gasteiger partial charge is 0.344 e. The van der Waals surface area contributed by atoms with E-state index in [1.54, 1.807) is 18.2 Å². The van der Waals surface area contributed by atoms with E-state index in [1.165, 1.54) is 5.56 Å². The van der Waals surface area contributed by atoms with Crippen molar-refractivity contribution in [2.24, 2.45) is 0 Å². The zero-order chi connectivity index (χ0) is 15.0. The first-order valence-electron chi connectivity index (χ1n) is 6.54. The summed E-state index contributed by atoms with van der Waals surface area (Å²) in [6.45, 7) is 0. The molecule has 2 aromatic carbocycles. The molecule has 0 spiro atoms. The van der Waals surface area contributed by atoms with Crippen LogP contribution in [0.2, 0.25) is 5.02 Å². The van der Waals surface area contributed by atoms with E-state index in [9.17, 15) is 4.79 Å². The third-order valence-corrected chi connectivity index (χ3v) is 4.84. The molecule has 2 atom stereocenters. The first-order valence-corrected chi connectivity index (χ1v) is 8.15. The van der Waals surface area contributed by atoms with E-state index >= 15 is 0 Å². The molecular formula is C16H12BrCl2NO. The van der Waals surface area contributed by atoms with Gasteiger partial charge in [-0.1, -0.05) is 51.8 Å². The van der Waals surface area contributed by atoms with Crippen LogP contribution in [-0.4, -0.2) is 11.3 Å². The summed E-state index contributed by atoms with van der Waals surface area (Å²) in [6, 6.07) is 13.0. The molecule has 0 radical (unpaired) electrons. The Bertz CT molecular complexity index is 704. The number of carbonyl (C=O) groups is 1. The van der Waals surface area contributed by atoms with E-state index in [1.807, 2.05) is 24.3 Å². The van der Waals surface area contributed by atoms with Crippen LogP contribution in [0.5, 0.6) is 0 Å². The van der Waals surface area contributed by atoms with Gasteiger partial charge in [0.1, 0.15) is 0 Å². The lowest BCUT2D eigenvalue weighted by molar-refractivity contribution is 0.0937. The molecule has 0 heterocycles. The topological polar surface area (TPSA) is 29.1 Å². The number of fused-ring (bicyclic) bond motifs is 1. The number of halogens is 3. The highest BCUT2D eigenvalue weighted by atomic mass is 79.9. The first kappa shape index (κ1) is 14.9. The van der Waals surface area contributed by atoms with Gasteiger partial charge < -0.3 is 5.32 Å². The molecule has 1 aliphatic carbocycles. The van der Waals surface area contributed by atoms with Gasteiger partial charge in [0.25, 0.3) is 5.91 Å². The smallest absolute Gasteiger partial charge is 0.253 e. The molecule has 1 N–H and O–H groups in total. The van der Waals surface area contributed by atoms with E-state index in [-0.39, 0.29) is 17.3 Å². The maximum absolute atomic E-state index is 12.4. The minimum atomic E-state index is -0.208. The van der Waals surface area contributed by atoms with E-state index in [4.69, 9.17) is 23.2 Å². The number of amides is 1. The molecule has 108 valence electrons. The lowest BCUT2D eigenvalue weighted by atomic mass is 10.1. The Morgan fingerprint density at radius 1 is 1.24 bits per heavy atom. The maximum Gasteiger partial charge on any atom is 0.253 e. The number of hydrogen-bond donors (Lipinski definition) is 1. The standard InChI is InChI=1S/C16H12BrCl2NO/c17-10-5-6-12(13(18)8-10)16(21)20-15-11-4-2-1-3-9(11)7-14(15)19/h1-6,8,14-15H,7H2,(H,20,21). The molecule has 1 aliphatic rings. The Morgan fingerprint density at radius 3 is 2.76 bits per heavy atom. The number of hydrogen-bond acceptors (Lipinski definition) is 1. The molecule has 0 bridgehead atoms. The van der Waals surface area contributed by atoms with Crippen molar-refractivity contribution >= 4 is 45.0 Å². The Kier molecular flexibility index (Phi) is 4.25. The van der Waals surface area contributed by atoms with Crippen molar-refractivity contribution in [1.29, 1.82) is 0 Å². The van der Waals surface area contributed by atoms with Gasteiger partial charge in [0.2, 0.25) is 0 Å². The van der Waals surface area contributed by atoms with Crippen LogP contribution in [-0.2, 0) is 6.42 Å². The molecule has 2 unspecified atom stereocenters. The molecule has 0 saturated heterocycles. The Hall–Kier alpha value is -1.03. The summed E-state index contributed by atoms with van der Waals surface area (Å²) in [5.74, 6) is -0.208. The number of nitrogens with one attached hydrogen (secondary N) is 1. The van der Waals surface area contributed by atoms with Crippen molar-refractivity contribution < 1.29 is 4.79 Å². The Balaban J connectivity index is 1.85. The molecule has 5 heteroatoms. The average Bonchev–Trinajstić information content (AvgIpc) is 2.75. The van der Waals surface area contributed by atoms with Gasteiger partial charge in [-0.2, -0.15) is 0 Å². The van der Waals surface area contributed by atoms with Crippen molar-refractivity contribution in [3.63, 3.8) is 0 Å². The summed E-state index contributed by atoms with van der Waals surface area (Å²) >= 11 is 15.8. The number of rotatable bonds is 2. The molecule has 3 rings (SSSR count). The fraction of sp³-hybridized carbons (Fsp3) is 0.188. The molecular weight excluding hydrogens is 373 g/mol. The molecule has 0 fully saturated rings. The SMILES string of the molecule is O=C(NC1c2ccccc2CC1Cl)c1ccc(Br)cc1Cl. The fourth-order valence-corrected chi connectivity index (χ4v) is 3.73. The van der Waals surface area contributed by atoms with E-state index < -0.39 is 0 Å². The van der Waals surface area contributed by atoms with E-state index in [0.717, 1.165) is 16.5 Å². The van der Waals surface area contributed by atoms with Gasteiger partial charge in [0.15, 0.2) is 0 Å². The molecule has 0 saturated carbocycles. The van der Waals surface area contributed by atoms with Crippen LogP contribution in [0.3, 0.4) is 0 Å². The van der Waals surface area contributed by atoms with Gasteiger partial charge in [0, 0.05) is 4.47 Å². The van der Waals surface area contributed by atoms with Crippen molar-refractivity contribution in [3.05, 3.63) is 68.7 Å². The molecule has 0 aromatic heterocycles.